The van der Waals surface area contributed by atoms with E-state index >= 15 is 4.79 Å². The minimum atomic E-state index is -0.147. The van der Waals surface area contributed by atoms with Crippen molar-refractivity contribution in [3.8, 4) is 56.1 Å². The predicted molar refractivity (Wildman–Crippen MR) is 447 cm³/mol. The summed E-state index contributed by atoms with van der Waals surface area (Å²) in [7, 11) is 0. The van der Waals surface area contributed by atoms with Crippen molar-refractivity contribution < 1.29 is 0 Å². The summed E-state index contributed by atoms with van der Waals surface area (Å²) in [6, 6.07) is 117. The van der Waals surface area contributed by atoms with Gasteiger partial charge in [-0.1, -0.05) is 222 Å². The van der Waals surface area contributed by atoms with Gasteiger partial charge in [0.25, 0.3) is 0 Å². The number of aromatic nitrogens is 5. The summed E-state index contributed by atoms with van der Waals surface area (Å²) in [5.41, 5.74) is 28.6. The minimum absolute atomic E-state index is 0.147. The molecule has 4 aromatic heterocycles. The lowest BCUT2D eigenvalue weighted by Crippen LogP contribution is -2.22. The number of hydrogen-bond donors (Lipinski definition) is 0. The highest BCUT2D eigenvalue weighted by atomic mass is 16.1. The second kappa shape index (κ2) is 26.4. The number of imidazole rings is 1. The highest BCUT2D eigenvalue weighted by Crippen LogP contribution is 2.44. The Morgan fingerprint density at radius 1 is 0.330 bits per heavy atom. The zero-order valence-electron chi connectivity index (χ0n) is 60.0. The van der Waals surface area contributed by atoms with Gasteiger partial charge in [-0.15, -0.1) is 0 Å². The summed E-state index contributed by atoms with van der Waals surface area (Å²) in [5.74, 6) is 0.201. The molecule has 0 spiro atoms. The summed E-state index contributed by atoms with van der Waals surface area (Å²) in [5, 5.41) is 7.32. The van der Waals surface area contributed by atoms with Crippen LogP contribution in [0.4, 0.5) is 17.1 Å². The molecule has 0 saturated heterocycles. The van der Waals surface area contributed by atoms with Gasteiger partial charge in [0.2, 0.25) is 0 Å². The molecule has 7 nitrogen and oxygen atoms in total. The fourth-order valence-electron chi connectivity index (χ4n) is 17.2. The van der Waals surface area contributed by atoms with Gasteiger partial charge < -0.3 is 18.6 Å². The van der Waals surface area contributed by atoms with Crippen molar-refractivity contribution in [1.82, 2.24) is 22.8 Å². The number of nitrogens with zero attached hydrogens (tertiary/aromatic N) is 6. The summed E-state index contributed by atoms with van der Waals surface area (Å²) < 4.78 is 11.3. The molecule has 0 bridgehead atoms. The number of anilines is 3. The van der Waals surface area contributed by atoms with Gasteiger partial charge in [-0.25, -0.2) is 4.79 Å². The zero-order valence-corrected chi connectivity index (χ0v) is 60.0. The maximum Gasteiger partial charge on any atom is 0.338 e. The van der Waals surface area contributed by atoms with Crippen LogP contribution in [0, 0.1) is 12.8 Å². The Bertz CT molecular complexity index is 6500. The van der Waals surface area contributed by atoms with Crippen LogP contribution >= 0.6 is 0 Å². The molecule has 0 N–H and O–H groups in total. The summed E-state index contributed by atoms with van der Waals surface area (Å²) in [6.07, 6.45) is 9.41. The molecule has 14 aromatic carbocycles. The summed E-state index contributed by atoms with van der Waals surface area (Å²) in [4.78, 5) is 19.6. The van der Waals surface area contributed by atoms with E-state index in [4.69, 9.17) is 0 Å². The average Bonchev–Trinajstić information content (AvgIpc) is 1.54. The van der Waals surface area contributed by atoms with E-state index < -0.39 is 0 Å². The third-order valence-corrected chi connectivity index (χ3v) is 21.9. The Balaban J connectivity index is 0.858. The average molecular weight is 1370 g/mol. The SMILES string of the molecule is CCCc1cc2c(cc1CCC)n(-c1cc(-c3cccc(N(c4ccccc4)c4ccccc4C)c3)cc(-c3cccc(-n4c5ccccc5c5ccccc54)c3)c1)c(=O)n2-c1cc(C2=CC(C)CC(n3c4ccccc4c4ccccc43)=C2)cc(-c2cccc(-n3c4ccccc4c4ccccc43)c2)c1. The Labute approximate surface area is 617 Å². The van der Waals surface area contributed by atoms with Crippen molar-refractivity contribution in [1.29, 1.82) is 0 Å². The lowest BCUT2D eigenvalue weighted by molar-refractivity contribution is 0.733. The smallest absolute Gasteiger partial charge is 0.313 e. The molecule has 510 valence electrons. The van der Waals surface area contributed by atoms with Crippen molar-refractivity contribution in [2.24, 2.45) is 5.92 Å². The van der Waals surface area contributed by atoms with Gasteiger partial charge in [-0.2, -0.15) is 0 Å². The van der Waals surface area contributed by atoms with Gasteiger partial charge in [0.1, 0.15) is 0 Å². The minimum Gasteiger partial charge on any atom is -0.313 e. The molecule has 18 aromatic rings. The number of benzene rings is 14. The Hall–Kier alpha value is -13.0. The first-order chi connectivity index (χ1) is 52.2. The molecule has 1 aliphatic rings. The van der Waals surface area contributed by atoms with E-state index in [1.54, 1.807) is 0 Å². The van der Waals surface area contributed by atoms with Crippen molar-refractivity contribution in [2.75, 3.05) is 4.90 Å². The Morgan fingerprint density at radius 2 is 0.708 bits per heavy atom. The molecule has 7 heteroatoms. The monoisotopic (exact) mass is 1370 g/mol. The molecule has 106 heavy (non-hydrogen) atoms. The van der Waals surface area contributed by atoms with Crippen LogP contribution in [0.2, 0.25) is 0 Å². The van der Waals surface area contributed by atoms with Crippen molar-refractivity contribution >= 4 is 105 Å². The van der Waals surface area contributed by atoms with Crippen molar-refractivity contribution in [3.05, 3.63) is 366 Å². The van der Waals surface area contributed by atoms with E-state index in [0.717, 1.165) is 150 Å². The normalized spacial score (nSPS) is 13.3. The van der Waals surface area contributed by atoms with Crippen LogP contribution in [-0.4, -0.2) is 22.8 Å². The van der Waals surface area contributed by atoms with Crippen LogP contribution in [0.5, 0.6) is 0 Å². The fraction of sp³-hybridized carbons (Fsp3) is 0.101. The van der Waals surface area contributed by atoms with E-state index in [-0.39, 0.29) is 11.6 Å². The molecule has 1 atom stereocenters. The van der Waals surface area contributed by atoms with Gasteiger partial charge >= 0.3 is 5.69 Å². The maximum absolute atomic E-state index is 17.3. The molecule has 0 fully saturated rings. The standard InChI is InChI=1S/C99H78N6O/c1-5-27-67-63-97-98(64-68(67)28-6-2)105(83-61-75(71-32-26-37-80(57-71)102-93-47-20-13-40-86(93)87-41-14-21-48-94(87)102)54-76(62-83)72-51-65(3)52-81(58-72)103-95-49-22-15-42-88(95)89-43-16-23-50-96(89)103)99(106)104(97)82-59-73(69-30-24-35-78(55-69)100(77-33-8-7-9-34-77)90-44-17-10-29-66(90)4)53-74(60-82)70-31-25-36-79(56-70)101-91-45-18-11-38-84(91)85-39-12-19-46-92(85)101/h7-26,29-51,53-65H,5-6,27-28,52H2,1-4H3. The molecule has 0 amide bonds. The number of allylic oxidation sites excluding steroid dienone is 4. The van der Waals surface area contributed by atoms with Crippen LogP contribution in [0.15, 0.2) is 338 Å². The number of para-hydroxylation sites is 8. The topological polar surface area (TPSA) is 45.0 Å². The third kappa shape index (κ3) is 10.9. The molecule has 19 rings (SSSR count). The van der Waals surface area contributed by atoms with E-state index in [2.05, 4.69) is 380 Å². The lowest BCUT2D eigenvalue weighted by atomic mass is 9.89. The van der Waals surface area contributed by atoms with Crippen molar-refractivity contribution in [2.45, 2.75) is 59.8 Å². The number of aryl methyl sites for hydroxylation is 3. The van der Waals surface area contributed by atoms with Gasteiger partial charge in [-0.3, -0.25) is 9.13 Å². The Morgan fingerprint density at radius 3 is 1.17 bits per heavy atom. The largest absolute Gasteiger partial charge is 0.338 e. The van der Waals surface area contributed by atoms with Crippen molar-refractivity contribution in [3.63, 3.8) is 0 Å². The maximum atomic E-state index is 17.3. The highest BCUT2D eigenvalue weighted by Gasteiger charge is 2.26. The quantitative estimate of drug-likeness (QED) is 0.0968. The molecule has 1 unspecified atom stereocenters. The van der Waals surface area contributed by atoms with Crippen LogP contribution in [0.1, 0.15) is 62.3 Å². The van der Waals surface area contributed by atoms with Crippen LogP contribution < -0.4 is 10.6 Å². The van der Waals surface area contributed by atoms with E-state index in [9.17, 15) is 0 Å². The van der Waals surface area contributed by atoms with E-state index in [1.165, 1.54) is 65.7 Å². The van der Waals surface area contributed by atoms with Crippen LogP contribution in [0.25, 0.3) is 144 Å². The van der Waals surface area contributed by atoms with Gasteiger partial charge in [0, 0.05) is 66.5 Å². The first kappa shape index (κ1) is 63.9. The first-order valence-electron chi connectivity index (χ1n) is 37.4. The third-order valence-electron chi connectivity index (χ3n) is 21.9. The predicted octanol–water partition coefficient (Wildman–Crippen LogP) is 25.7. The molecule has 1 aliphatic carbocycles. The number of fused-ring (bicyclic) bond motifs is 10. The molecule has 4 heterocycles. The molecule has 0 saturated carbocycles. The second-order valence-corrected chi connectivity index (χ2v) is 28.8. The highest BCUT2D eigenvalue weighted by molar-refractivity contribution is 6.12. The number of rotatable bonds is 16. The number of hydrogen-bond acceptors (Lipinski definition) is 2. The van der Waals surface area contributed by atoms with Gasteiger partial charge in [0.05, 0.1) is 55.5 Å². The van der Waals surface area contributed by atoms with Gasteiger partial charge in [-0.05, 0) is 239 Å². The summed E-state index contributed by atoms with van der Waals surface area (Å²) >= 11 is 0. The fourth-order valence-corrected chi connectivity index (χ4v) is 17.2. The zero-order chi connectivity index (χ0) is 71.1. The van der Waals surface area contributed by atoms with Crippen LogP contribution in [-0.2, 0) is 12.8 Å². The van der Waals surface area contributed by atoms with E-state index in [0.29, 0.717) is 0 Å². The molecular formula is C99H78N6O. The lowest BCUT2D eigenvalue weighted by Gasteiger charge is -2.27. The van der Waals surface area contributed by atoms with E-state index in [1.807, 2.05) is 9.13 Å². The van der Waals surface area contributed by atoms with Crippen LogP contribution in [0.3, 0.4) is 0 Å². The molecule has 0 aliphatic heterocycles. The summed E-state index contributed by atoms with van der Waals surface area (Å²) in [6.45, 7) is 9.05. The van der Waals surface area contributed by atoms with Gasteiger partial charge in [0.15, 0.2) is 0 Å². The first-order valence-corrected chi connectivity index (χ1v) is 37.4. The Kier molecular flexibility index (Phi) is 15.9. The molecule has 0 radical (unpaired) electrons. The molecular weight excluding hydrogens is 1290 g/mol. The second-order valence-electron chi connectivity index (χ2n) is 28.8.